The number of pyridine rings is 1. The van der Waals surface area contributed by atoms with Gasteiger partial charge in [-0.1, -0.05) is 11.6 Å². The summed E-state index contributed by atoms with van der Waals surface area (Å²) in [6.45, 7) is 1.45. The lowest BCUT2D eigenvalue weighted by molar-refractivity contribution is -0.192. The molecule has 1 saturated heterocycles. The van der Waals surface area contributed by atoms with Crippen molar-refractivity contribution in [2.24, 2.45) is 0 Å². The lowest BCUT2D eigenvalue weighted by atomic mass is 10.1. The van der Waals surface area contributed by atoms with Crippen LogP contribution in [0.2, 0.25) is 5.02 Å². The van der Waals surface area contributed by atoms with Gasteiger partial charge in [-0.3, -0.25) is 9.78 Å². The number of hydrogen-bond acceptors (Lipinski definition) is 4. The fraction of sp³-hybridized carbons (Fsp3) is 0.261. The second-order valence-electron chi connectivity index (χ2n) is 7.75. The number of fused-ring (bicyclic) bond motifs is 1. The van der Waals surface area contributed by atoms with Gasteiger partial charge in [-0.15, -0.1) is 0 Å². The normalized spacial score (nSPS) is 15.5. The zero-order valence-corrected chi connectivity index (χ0v) is 18.7. The molecule has 6 nitrogen and oxygen atoms in total. The molecule has 3 aromatic rings. The standard InChI is InChI=1S/C21H18ClF2N3O.C2HF3O2/c22-14-1-2-18-19(10-14)25-5-3-20(18)27-6-4-17(12-27)26-21(28)9-13-7-15(23)11-16(24)8-13;3-2(4,5)1(6)7/h1-3,5,7-8,10-11,17H,4,6,9,12H2,(H,26,28);(H,6,7). The third-order valence-electron chi connectivity index (χ3n) is 5.11. The Morgan fingerprint density at radius 3 is 2.40 bits per heavy atom. The number of nitrogens with zero attached hydrogens (tertiary/aromatic N) is 2. The van der Waals surface area contributed by atoms with Crippen LogP contribution in [0, 0.1) is 11.6 Å². The smallest absolute Gasteiger partial charge is 0.475 e. The van der Waals surface area contributed by atoms with Crippen LogP contribution in [0.1, 0.15) is 12.0 Å². The molecule has 0 aliphatic carbocycles. The Balaban J connectivity index is 0.000000429. The van der Waals surface area contributed by atoms with E-state index in [-0.39, 0.29) is 18.4 Å². The average Bonchev–Trinajstić information content (AvgIpc) is 3.20. The Bertz CT molecular complexity index is 1220. The molecule has 2 N–H and O–H groups in total. The largest absolute Gasteiger partial charge is 0.490 e. The van der Waals surface area contributed by atoms with E-state index < -0.39 is 23.8 Å². The van der Waals surface area contributed by atoms with E-state index in [2.05, 4.69) is 15.2 Å². The van der Waals surface area contributed by atoms with E-state index in [1.165, 1.54) is 12.1 Å². The first-order valence-electron chi connectivity index (χ1n) is 10.3. The second-order valence-corrected chi connectivity index (χ2v) is 8.18. The Labute approximate surface area is 201 Å². The van der Waals surface area contributed by atoms with Gasteiger partial charge in [0.1, 0.15) is 11.6 Å². The minimum atomic E-state index is -5.08. The highest BCUT2D eigenvalue weighted by Crippen LogP contribution is 2.29. The number of carboxylic acid groups (broad SMARTS) is 1. The lowest BCUT2D eigenvalue weighted by Gasteiger charge is -2.21. The van der Waals surface area contributed by atoms with Crippen LogP contribution in [0.25, 0.3) is 10.9 Å². The van der Waals surface area contributed by atoms with Gasteiger partial charge >= 0.3 is 12.1 Å². The summed E-state index contributed by atoms with van der Waals surface area (Å²) in [5.74, 6) is -4.37. The number of amides is 1. The minimum Gasteiger partial charge on any atom is -0.475 e. The molecule has 1 unspecified atom stereocenters. The van der Waals surface area contributed by atoms with Gasteiger partial charge in [0.25, 0.3) is 0 Å². The van der Waals surface area contributed by atoms with Gasteiger partial charge in [-0.05, 0) is 48.4 Å². The van der Waals surface area contributed by atoms with Crippen molar-refractivity contribution in [1.82, 2.24) is 10.3 Å². The van der Waals surface area contributed by atoms with Crippen molar-refractivity contribution in [2.45, 2.75) is 25.1 Å². The number of hydrogen-bond donors (Lipinski definition) is 2. The molecule has 35 heavy (non-hydrogen) atoms. The Morgan fingerprint density at radius 2 is 1.77 bits per heavy atom. The first-order chi connectivity index (χ1) is 16.4. The number of alkyl halides is 3. The molecule has 1 aliphatic heterocycles. The molecule has 1 amide bonds. The van der Waals surface area contributed by atoms with Crippen LogP contribution >= 0.6 is 11.6 Å². The van der Waals surface area contributed by atoms with E-state index in [1.807, 2.05) is 24.3 Å². The van der Waals surface area contributed by atoms with Gasteiger partial charge in [0.05, 0.1) is 11.9 Å². The van der Waals surface area contributed by atoms with Gasteiger partial charge in [-0.25, -0.2) is 13.6 Å². The molecule has 1 fully saturated rings. The molecule has 0 saturated carbocycles. The second kappa shape index (κ2) is 10.9. The van der Waals surface area contributed by atoms with Crippen LogP contribution in [-0.4, -0.2) is 47.3 Å². The SMILES string of the molecule is O=C(Cc1cc(F)cc(F)c1)NC1CCN(c2ccnc3cc(Cl)ccc23)C1.O=C(O)C(F)(F)F. The van der Waals surface area contributed by atoms with Crippen molar-refractivity contribution in [1.29, 1.82) is 0 Å². The van der Waals surface area contributed by atoms with Crippen molar-refractivity contribution in [2.75, 3.05) is 18.0 Å². The predicted molar refractivity (Wildman–Crippen MR) is 119 cm³/mol. The summed E-state index contributed by atoms with van der Waals surface area (Å²) < 4.78 is 58.3. The van der Waals surface area contributed by atoms with E-state index in [1.54, 1.807) is 6.20 Å². The Morgan fingerprint density at radius 1 is 1.11 bits per heavy atom. The number of aromatic nitrogens is 1. The van der Waals surface area contributed by atoms with E-state index in [9.17, 15) is 26.7 Å². The molecule has 12 heteroatoms. The molecule has 1 aromatic heterocycles. The number of rotatable bonds is 4. The van der Waals surface area contributed by atoms with Crippen LogP contribution in [-0.2, 0) is 16.0 Å². The van der Waals surface area contributed by atoms with Crippen molar-refractivity contribution in [3.05, 3.63) is 70.9 Å². The Kier molecular flexibility index (Phi) is 8.11. The summed E-state index contributed by atoms with van der Waals surface area (Å²) in [7, 11) is 0. The van der Waals surface area contributed by atoms with E-state index in [4.69, 9.17) is 21.5 Å². The van der Waals surface area contributed by atoms with E-state index >= 15 is 0 Å². The van der Waals surface area contributed by atoms with Crippen molar-refractivity contribution >= 4 is 40.1 Å². The summed E-state index contributed by atoms with van der Waals surface area (Å²) >= 11 is 6.05. The minimum absolute atomic E-state index is 0.0265. The molecule has 4 rings (SSSR count). The summed E-state index contributed by atoms with van der Waals surface area (Å²) in [5, 5.41) is 11.7. The molecule has 1 atom stereocenters. The molecule has 1 aliphatic rings. The Hall–Kier alpha value is -3.47. The average molecular weight is 516 g/mol. The van der Waals surface area contributed by atoms with Crippen LogP contribution in [0.5, 0.6) is 0 Å². The monoisotopic (exact) mass is 515 g/mol. The molecular formula is C23H19ClF5N3O3. The number of anilines is 1. The maximum atomic E-state index is 13.3. The summed E-state index contributed by atoms with van der Waals surface area (Å²) in [4.78, 5) is 27.7. The number of nitrogens with one attached hydrogen (secondary N) is 1. The highest BCUT2D eigenvalue weighted by Gasteiger charge is 2.38. The number of carboxylic acids is 1. The maximum Gasteiger partial charge on any atom is 0.490 e. The third kappa shape index (κ3) is 7.25. The number of benzene rings is 2. The van der Waals surface area contributed by atoms with Gasteiger partial charge in [0, 0.05) is 47.5 Å². The van der Waals surface area contributed by atoms with Crippen LogP contribution in [0.15, 0.2) is 48.7 Å². The van der Waals surface area contributed by atoms with Gasteiger partial charge in [0.15, 0.2) is 0 Å². The third-order valence-corrected chi connectivity index (χ3v) is 5.34. The van der Waals surface area contributed by atoms with Crippen molar-refractivity contribution in [3.8, 4) is 0 Å². The topological polar surface area (TPSA) is 82.5 Å². The molecular weight excluding hydrogens is 497 g/mol. The summed E-state index contributed by atoms with van der Waals surface area (Å²) in [6.07, 6.45) is -2.60. The lowest BCUT2D eigenvalue weighted by Crippen LogP contribution is -2.38. The first-order valence-corrected chi connectivity index (χ1v) is 10.6. The highest BCUT2D eigenvalue weighted by atomic mass is 35.5. The molecule has 0 radical (unpaired) electrons. The van der Waals surface area contributed by atoms with E-state index in [0.717, 1.165) is 35.6 Å². The fourth-order valence-electron chi connectivity index (χ4n) is 3.66. The van der Waals surface area contributed by atoms with Gasteiger partial charge in [0.2, 0.25) is 5.91 Å². The van der Waals surface area contributed by atoms with Crippen molar-refractivity contribution < 1.29 is 36.6 Å². The number of aliphatic carboxylic acids is 1. The van der Waals surface area contributed by atoms with Crippen LogP contribution in [0.4, 0.5) is 27.6 Å². The molecule has 0 spiro atoms. The zero-order valence-electron chi connectivity index (χ0n) is 18.0. The van der Waals surface area contributed by atoms with Crippen molar-refractivity contribution in [3.63, 3.8) is 0 Å². The molecule has 2 heterocycles. The first kappa shape index (κ1) is 26.1. The number of carbonyl (C=O) groups excluding carboxylic acids is 1. The number of carbonyl (C=O) groups is 2. The van der Waals surface area contributed by atoms with Gasteiger partial charge in [-0.2, -0.15) is 13.2 Å². The highest BCUT2D eigenvalue weighted by molar-refractivity contribution is 6.31. The summed E-state index contributed by atoms with van der Waals surface area (Å²) in [6, 6.07) is 10.7. The fourth-order valence-corrected chi connectivity index (χ4v) is 3.82. The molecule has 186 valence electrons. The van der Waals surface area contributed by atoms with E-state index in [0.29, 0.717) is 17.1 Å². The summed E-state index contributed by atoms with van der Waals surface area (Å²) in [5.41, 5.74) is 2.19. The molecule has 0 bridgehead atoms. The number of halogens is 6. The zero-order chi connectivity index (χ0) is 25.8. The van der Waals surface area contributed by atoms with Crippen LogP contribution < -0.4 is 10.2 Å². The van der Waals surface area contributed by atoms with Gasteiger partial charge < -0.3 is 15.3 Å². The molecule has 2 aromatic carbocycles. The predicted octanol–water partition coefficient (Wildman–Crippen LogP) is 4.74. The quantitative estimate of drug-likeness (QED) is 0.491. The van der Waals surface area contributed by atoms with Crippen LogP contribution in [0.3, 0.4) is 0 Å². The maximum absolute atomic E-state index is 13.3.